The van der Waals surface area contributed by atoms with Gasteiger partial charge in [-0.05, 0) is 20.9 Å². The quantitative estimate of drug-likeness (QED) is 0.0990. The molecular formula is C5H11N15. The van der Waals surface area contributed by atoms with Gasteiger partial charge in [-0.3, -0.25) is 0 Å². The second-order valence-electron chi connectivity index (χ2n) is 4.39. The summed E-state index contributed by atoms with van der Waals surface area (Å²) in [4.78, 5) is 1.75. The van der Waals surface area contributed by atoms with Crippen LogP contribution in [0.15, 0.2) is 26.1 Å². The van der Waals surface area contributed by atoms with E-state index in [2.05, 4.69) is 43.6 Å². The van der Waals surface area contributed by atoms with Crippen LogP contribution in [-0.4, -0.2) is 0 Å². The highest BCUT2D eigenvalue weighted by Gasteiger charge is 4.00. The molecule has 0 amide bonds. The molecule has 106 valence electrons. The minimum absolute atomic E-state index is 0. The summed E-state index contributed by atoms with van der Waals surface area (Å²) in [5.41, 5.74) is 24.4. The van der Waals surface area contributed by atoms with Crippen LogP contribution < -0.4 is 23.7 Å². The second-order valence-corrected chi connectivity index (χ2v) is 4.39. The number of nitrogens with two attached hydrogens (primary N) is 3. The molecule has 6 aliphatic rings. The van der Waals surface area contributed by atoms with E-state index in [1.54, 1.807) is 4.91 Å². The summed E-state index contributed by atoms with van der Waals surface area (Å²) in [5, 5.41) is 25.0. The third-order valence-corrected chi connectivity index (χ3v) is 5.16. The van der Waals surface area contributed by atoms with Crippen LogP contribution in [0, 0.1) is 48.9 Å². The molecular weight excluding hydrogens is 270 g/mol. The first-order valence-electron chi connectivity index (χ1n) is 4.72. The van der Waals surface area contributed by atoms with Crippen LogP contribution in [0.3, 0.4) is 0 Å². The van der Waals surface area contributed by atoms with Crippen molar-refractivity contribution >= 4 is 0 Å². The summed E-state index contributed by atoms with van der Waals surface area (Å²) in [7, 11) is 0. The zero-order chi connectivity index (χ0) is 14.7. The Morgan fingerprint density at radius 1 is 0.900 bits per heavy atom. The average molecular weight is 281 g/mol. The molecule has 15 nitrogen and oxygen atoms in total. The predicted molar refractivity (Wildman–Crippen MR) is 57.5 cm³/mol. The topological polar surface area (TPSA) is 307 Å². The molecule has 0 aromatic carbocycles. The van der Waals surface area contributed by atoms with E-state index in [0.717, 1.165) is 0 Å². The Morgan fingerprint density at radius 2 is 1.15 bits per heavy atom. The monoisotopic (exact) mass is 281 g/mol. The van der Waals surface area contributed by atoms with Crippen LogP contribution >= 0.6 is 0 Å². The van der Waals surface area contributed by atoms with Gasteiger partial charge in [-0.1, -0.05) is 15.7 Å². The van der Waals surface area contributed by atoms with Gasteiger partial charge in [0.1, 0.15) is 0 Å². The highest BCUT2D eigenvalue weighted by molar-refractivity contribution is 6.43. The maximum atomic E-state index is 6.86. The first-order chi connectivity index (χ1) is 9.24. The van der Waals surface area contributed by atoms with Crippen LogP contribution in [0.5, 0.6) is 0 Å². The fourth-order valence-electron chi connectivity index (χ4n) is 4.71. The molecule has 15 heteroatoms. The third-order valence-electron chi connectivity index (χ3n) is 5.16. The van der Waals surface area contributed by atoms with Crippen molar-refractivity contribution < 1.29 is 0 Å². The molecule has 6 fully saturated rings. The average Bonchev–Trinajstić information content (AvgIpc) is 3.29. The molecule has 6 aliphatic carbocycles. The number of hydrogen-bond donors (Lipinski definition) is 6. The summed E-state index contributed by atoms with van der Waals surface area (Å²) in [6.45, 7) is 0. The Balaban J connectivity index is 0.000000129. The minimum atomic E-state index is 0. The van der Waals surface area contributed by atoms with E-state index >= 15 is 0 Å². The van der Waals surface area contributed by atoms with Gasteiger partial charge in [0.05, 0.1) is 0 Å². The minimum Gasteiger partial charge on any atom is -0.344 e. The lowest BCUT2D eigenvalue weighted by molar-refractivity contribution is 0.859. The zero-order valence-electron chi connectivity index (χ0n) is 9.96. The zero-order valence-corrected chi connectivity index (χ0v) is 9.96. The Morgan fingerprint density at radius 3 is 1.15 bits per heavy atom. The molecule has 6 saturated carbocycles. The van der Waals surface area contributed by atoms with Crippen molar-refractivity contribution in [2.45, 2.75) is 0 Å². The SMILES string of the molecule is C123C45C16C24C356.N.N#N.N/N=N/N.N=N/N=N/N.[N-]=[N+]=N. The smallest absolute Gasteiger partial charge is 0 e. The molecule has 6 rings (SSSR count). The molecule has 0 radical (unpaired) electrons. The predicted octanol–water partition coefficient (Wildman–Crippen LogP) is 0.512. The first-order valence-corrected chi connectivity index (χ1v) is 4.72. The van der Waals surface area contributed by atoms with Crippen molar-refractivity contribution in [2.75, 3.05) is 0 Å². The van der Waals surface area contributed by atoms with Crippen molar-refractivity contribution in [1.29, 1.82) is 21.8 Å². The Kier molecular flexibility index (Phi) is 2.43. The maximum absolute atomic E-state index is 6.86. The summed E-state index contributed by atoms with van der Waals surface area (Å²) in [5.74, 6) is 13.1. The Hall–Kier alpha value is -3.11. The van der Waals surface area contributed by atoms with Gasteiger partial charge in [-0.2, -0.15) is 5.53 Å². The van der Waals surface area contributed by atoms with Crippen molar-refractivity contribution in [3.63, 3.8) is 0 Å². The normalized spacial score (nSPS) is 52.5. The number of nitrogens with zero attached hydrogens (tertiary/aromatic N) is 9. The van der Waals surface area contributed by atoms with Gasteiger partial charge in [-0.25, -0.2) is 0 Å². The van der Waals surface area contributed by atoms with Crippen LogP contribution in [-0.2, 0) is 0 Å². The molecule has 0 atom stereocenters. The summed E-state index contributed by atoms with van der Waals surface area (Å²) in [6, 6.07) is 0. The molecule has 11 N–H and O–H groups in total. The van der Waals surface area contributed by atoms with Gasteiger partial charge in [0.25, 0.3) is 0 Å². The van der Waals surface area contributed by atoms with E-state index in [9.17, 15) is 0 Å². The van der Waals surface area contributed by atoms with Crippen LogP contribution in [0.4, 0.5) is 0 Å². The number of nitrogens with one attached hydrogen (secondary N) is 2. The first kappa shape index (κ1) is 14.9. The van der Waals surface area contributed by atoms with Crippen molar-refractivity contribution in [2.24, 2.45) is 70.7 Å². The molecule has 0 unspecified atom stereocenters. The van der Waals surface area contributed by atoms with Gasteiger partial charge in [0.2, 0.25) is 0 Å². The fourth-order valence-corrected chi connectivity index (χ4v) is 4.71. The molecule has 0 aliphatic heterocycles. The summed E-state index contributed by atoms with van der Waals surface area (Å²) < 4.78 is 0. The lowest BCUT2D eigenvalue weighted by Crippen LogP contribution is -1.80. The number of rotatable bonds is 1. The van der Waals surface area contributed by atoms with Crippen LogP contribution in [0.25, 0.3) is 10.4 Å². The summed E-state index contributed by atoms with van der Waals surface area (Å²) >= 11 is 0. The number of hydrogen-bond acceptors (Lipinski definition) is 8. The van der Waals surface area contributed by atoms with E-state index in [0.29, 0.717) is 0 Å². The molecule has 1 spiro atoms. The van der Waals surface area contributed by atoms with Crippen LogP contribution in [0.2, 0.25) is 0 Å². The largest absolute Gasteiger partial charge is 0.344 e. The van der Waals surface area contributed by atoms with Crippen LogP contribution in [0.1, 0.15) is 0 Å². The molecule has 0 aromatic rings. The molecule has 20 heavy (non-hydrogen) atoms. The van der Waals surface area contributed by atoms with Crippen molar-refractivity contribution in [3.8, 4) is 0 Å². The van der Waals surface area contributed by atoms with E-state index in [1.807, 2.05) is 0 Å². The van der Waals surface area contributed by atoms with Gasteiger partial charge in [0, 0.05) is 37.9 Å². The molecule has 0 saturated heterocycles. The van der Waals surface area contributed by atoms with Gasteiger partial charge >= 0.3 is 0 Å². The molecule has 5 bridgehead atoms. The lowest BCUT2D eigenvalue weighted by Gasteiger charge is -1.56. The maximum Gasteiger partial charge on any atom is 0 e. The van der Waals surface area contributed by atoms with E-state index < -0.39 is 0 Å². The van der Waals surface area contributed by atoms with E-state index in [1.165, 1.54) is 27.1 Å². The van der Waals surface area contributed by atoms with Gasteiger partial charge in [-0.15, -0.1) is 5.53 Å². The third kappa shape index (κ3) is 0.588. The fraction of sp³-hybridized carbons (Fsp3) is 1.00. The van der Waals surface area contributed by atoms with E-state index in [4.69, 9.17) is 27.4 Å². The van der Waals surface area contributed by atoms with Crippen molar-refractivity contribution in [1.82, 2.24) is 6.15 Å². The second kappa shape index (κ2) is 3.26. The Labute approximate surface area is 110 Å². The lowest BCUT2D eigenvalue weighted by atomic mass is 11.0. The van der Waals surface area contributed by atoms with E-state index in [-0.39, 0.29) is 6.15 Å². The van der Waals surface area contributed by atoms with Gasteiger partial charge < -0.3 is 23.7 Å². The summed E-state index contributed by atoms with van der Waals surface area (Å²) in [6.07, 6.45) is 0. The standard InChI is InChI=1S/C5.H3N5.H4N4.HN3.N2.H3N/c1-2-3(1)4(1,2)5(1,2)3;1-3-5-4-2;1-3-4-2;1-3-2;1-2;/h;(H3,1,2,5);(H2,1,4)(H2,2,3);1H;;1H3. The van der Waals surface area contributed by atoms with Crippen molar-refractivity contribution in [3.05, 3.63) is 10.4 Å². The highest BCUT2D eigenvalue weighted by Crippen LogP contribution is 4.00. The molecule has 0 aromatic heterocycles. The Bertz CT molecular complexity index is 433. The molecule has 0 heterocycles. The highest BCUT2D eigenvalue weighted by atomic mass is 16.0. The van der Waals surface area contributed by atoms with Gasteiger partial charge in [0.15, 0.2) is 0 Å².